The number of ether oxygens (including phenoxy) is 2. The van der Waals surface area contributed by atoms with Crippen LogP contribution in [0.1, 0.15) is 18.1 Å². The van der Waals surface area contributed by atoms with Gasteiger partial charge in [-0.1, -0.05) is 6.07 Å². The highest BCUT2D eigenvalue weighted by Crippen LogP contribution is 2.32. The van der Waals surface area contributed by atoms with E-state index in [1.165, 1.54) is 45.4 Å². The lowest BCUT2D eigenvalue weighted by molar-refractivity contribution is -0.137. The van der Waals surface area contributed by atoms with Crippen LogP contribution in [0, 0.1) is 0 Å². The van der Waals surface area contributed by atoms with Crippen molar-refractivity contribution in [2.24, 2.45) is 4.40 Å². The fourth-order valence-electron chi connectivity index (χ4n) is 3.14. The van der Waals surface area contributed by atoms with Gasteiger partial charge in [0.1, 0.15) is 5.70 Å². The van der Waals surface area contributed by atoms with E-state index in [4.69, 9.17) is 9.47 Å². The summed E-state index contributed by atoms with van der Waals surface area (Å²) in [6.45, 7) is 1.38. The lowest BCUT2D eigenvalue weighted by Gasteiger charge is -2.26. The molecular weight excluding hydrogens is 463 g/mol. The molecule has 1 aliphatic heterocycles. The van der Waals surface area contributed by atoms with E-state index in [1.807, 2.05) is 0 Å². The van der Waals surface area contributed by atoms with Crippen molar-refractivity contribution in [3.8, 4) is 11.5 Å². The van der Waals surface area contributed by atoms with Gasteiger partial charge in [-0.2, -0.15) is 21.6 Å². The molecule has 3 rings (SSSR count). The summed E-state index contributed by atoms with van der Waals surface area (Å²) in [7, 11) is -1.44. The second-order valence-electron chi connectivity index (χ2n) is 6.75. The van der Waals surface area contributed by atoms with Crippen molar-refractivity contribution in [2.75, 3.05) is 26.1 Å². The SMILES string of the molecule is CCN1C(C(=O)Nc2cccc(C(F)(F)F)c2)=CC(c2ccc(OC)c(OC)c2)=NS1(=O)=O. The normalized spacial score (nSPS) is 15.4. The first-order valence-corrected chi connectivity index (χ1v) is 10.9. The quantitative estimate of drug-likeness (QED) is 0.677. The number of likely N-dealkylation sites (N-methyl/N-ethyl adjacent to an activating group) is 1. The van der Waals surface area contributed by atoms with E-state index in [1.54, 1.807) is 6.07 Å². The summed E-state index contributed by atoms with van der Waals surface area (Å²) >= 11 is 0. The third-order valence-electron chi connectivity index (χ3n) is 4.68. The summed E-state index contributed by atoms with van der Waals surface area (Å²) in [4.78, 5) is 12.9. The van der Waals surface area contributed by atoms with Gasteiger partial charge in [-0.15, -0.1) is 4.40 Å². The number of carbonyl (C=O) groups excluding carboxylic acids is 1. The molecule has 33 heavy (non-hydrogen) atoms. The van der Waals surface area contributed by atoms with Crippen LogP contribution in [0.3, 0.4) is 0 Å². The largest absolute Gasteiger partial charge is 0.493 e. The van der Waals surface area contributed by atoms with E-state index in [9.17, 15) is 26.4 Å². The van der Waals surface area contributed by atoms with Crippen molar-refractivity contribution in [1.82, 2.24) is 4.31 Å². The van der Waals surface area contributed by atoms with Crippen molar-refractivity contribution >= 4 is 27.5 Å². The molecule has 0 bridgehead atoms. The van der Waals surface area contributed by atoms with Gasteiger partial charge in [-0.3, -0.25) is 4.79 Å². The number of alkyl halides is 3. The lowest BCUT2D eigenvalue weighted by Crippen LogP contribution is -2.38. The van der Waals surface area contributed by atoms with Crippen molar-refractivity contribution in [3.63, 3.8) is 0 Å². The van der Waals surface area contributed by atoms with E-state index in [-0.39, 0.29) is 23.6 Å². The molecule has 0 unspecified atom stereocenters. The summed E-state index contributed by atoms with van der Waals surface area (Å²) in [6, 6.07) is 8.61. The highest BCUT2D eigenvalue weighted by Gasteiger charge is 2.33. The van der Waals surface area contributed by atoms with Crippen LogP contribution < -0.4 is 14.8 Å². The number of nitrogens with one attached hydrogen (secondary N) is 1. The van der Waals surface area contributed by atoms with Crippen molar-refractivity contribution < 1.29 is 35.9 Å². The Morgan fingerprint density at radius 1 is 1.09 bits per heavy atom. The van der Waals surface area contributed by atoms with Crippen LogP contribution in [0.4, 0.5) is 18.9 Å². The zero-order chi connectivity index (χ0) is 24.4. The maximum absolute atomic E-state index is 13.0. The number of nitrogens with zero attached hydrogens (tertiary/aromatic N) is 2. The molecule has 0 fully saturated rings. The standard InChI is InChI=1S/C21H20F3N3O5S/c1-4-27-17(20(28)25-15-7-5-6-14(11-15)21(22,23)24)12-16(26-33(27,29)30)13-8-9-18(31-2)19(10-13)32-3/h5-12H,4H2,1-3H3,(H,25,28). The van der Waals surface area contributed by atoms with Crippen LogP contribution in [0.25, 0.3) is 0 Å². The van der Waals surface area contributed by atoms with Gasteiger partial charge in [0.25, 0.3) is 5.91 Å². The van der Waals surface area contributed by atoms with Crippen LogP contribution in [-0.4, -0.2) is 45.1 Å². The smallest absolute Gasteiger partial charge is 0.416 e. The first-order valence-electron chi connectivity index (χ1n) is 9.55. The molecule has 2 aromatic carbocycles. The molecule has 12 heteroatoms. The van der Waals surface area contributed by atoms with Crippen LogP contribution in [0.15, 0.2) is 58.6 Å². The Hall–Kier alpha value is -3.54. The van der Waals surface area contributed by atoms with Crippen LogP contribution >= 0.6 is 0 Å². The zero-order valence-corrected chi connectivity index (χ0v) is 18.6. The number of halogens is 3. The number of amides is 1. The Labute approximate surface area is 188 Å². The third kappa shape index (κ3) is 5.11. The number of methoxy groups -OCH3 is 2. The monoisotopic (exact) mass is 483 g/mol. The Balaban J connectivity index is 2.01. The molecule has 0 radical (unpaired) electrons. The van der Waals surface area contributed by atoms with Crippen molar-refractivity contribution in [2.45, 2.75) is 13.1 Å². The Morgan fingerprint density at radius 3 is 2.39 bits per heavy atom. The predicted molar refractivity (Wildman–Crippen MR) is 116 cm³/mol. The van der Waals surface area contributed by atoms with E-state index in [2.05, 4.69) is 9.71 Å². The summed E-state index contributed by atoms with van der Waals surface area (Å²) in [6.07, 6.45) is -3.36. The van der Waals surface area contributed by atoms with Gasteiger partial charge in [0, 0.05) is 17.8 Å². The fraction of sp³-hybridized carbons (Fsp3) is 0.238. The Kier molecular flexibility index (Phi) is 6.68. The second kappa shape index (κ2) is 9.14. The summed E-state index contributed by atoms with van der Waals surface area (Å²) < 4.78 is 79.4. The summed E-state index contributed by atoms with van der Waals surface area (Å²) in [5.74, 6) is -0.189. The highest BCUT2D eigenvalue weighted by molar-refractivity contribution is 7.88. The van der Waals surface area contributed by atoms with Gasteiger partial charge >= 0.3 is 16.4 Å². The number of hydrogen-bond acceptors (Lipinski definition) is 5. The van der Waals surface area contributed by atoms with Gasteiger partial charge in [-0.05, 0) is 49.4 Å². The highest BCUT2D eigenvalue weighted by atomic mass is 32.2. The summed E-state index contributed by atoms with van der Waals surface area (Å²) in [5.41, 5.74) is -1.11. The molecule has 1 amide bonds. The van der Waals surface area contributed by atoms with Crippen LogP contribution in [0.2, 0.25) is 0 Å². The van der Waals surface area contributed by atoms with Crippen molar-refractivity contribution in [1.29, 1.82) is 0 Å². The van der Waals surface area contributed by atoms with E-state index in [0.29, 0.717) is 17.1 Å². The number of hydrogen-bond donors (Lipinski definition) is 1. The Morgan fingerprint density at radius 2 is 1.79 bits per heavy atom. The minimum atomic E-state index is -4.60. The average Bonchev–Trinajstić information content (AvgIpc) is 2.77. The van der Waals surface area contributed by atoms with Gasteiger partial charge in [0.15, 0.2) is 11.5 Å². The molecule has 0 atom stereocenters. The van der Waals surface area contributed by atoms with Crippen LogP contribution in [0.5, 0.6) is 11.5 Å². The molecule has 1 heterocycles. The van der Waals surface area contributed by atoms with Crippen molar-refractivity contribution in [3.05, 3.63) is 65.4 Å². The Bertz CT molecular complexity index is 1240. The van der Waals surface area contributed by atoms with E-state index in [0.717, 1.165) is 22.5 Å². The molecule has 2 aromatic rings. The van der Waals surface area contributed by atoms with E-state index >= 15 is 0 Å². The third-order valence-corrected chi connectivity index (χ3v) is 6.12. The first kappa shape index (κ1) is 24.1. The maximum atomic E-state index is 13.0. The number of carbonyl (C=O) groups is 1. The van der Waals surface area contributed by atoms with E-state index < -0.39 is 27.9 Å². The molecule has 0 saturated carbocycles. The summed E-state index contributed by atoms with van der Waals surface area (Å²) in [5, 5.41) is 2.33. The number of anilines is 1. The molecule has 176 valence electrons. The number of allylic oxidation sites excluding steroid dienone is 1. The van der Waals surface area contributed by atoms with Gasteiger partial charge in [0.2, 0.25) is 0 Å². The molecule has 0 aliphatic carbocycles. The first-order chi connectivity index (χ1) is 15.5. The number of benzene rings is 2. The van der Waals surface area contributed by atoms with Gasteiger partial charge in [-0.25, -0.2) is 4.31 Å². The molecule has 1 aliphatic rings. The van der Waals surface area contributed by atoms with Crippen LogP contribution in [-0.2, 0) is 21.2 Å². The molecule has 8 nitrogen and oxygen atoms in total. The zero-order valence-electron chi connectivity index (χ0n) is 17.8. The predicted octanol–water partition coefficient (Wildman–Crippen LogP) is 3.61. The average molecular weight is 483 g/mol. The molecule has 0 spiro atoms. The minimum Gasteiger partial charge on any atom is -0.493 e. The lowest BCUT2D eigenvalue weighted by atomic mass is 10.1. The van der Waals surface area contributed by atoms with Gasteiger partial charge in [0.05, 0.1) is 25.5 Å². The van der Waals surface area contributed by atoms with Gasteiger partial charge < -0.3 is 14.8 Å². The maximum Gasteiger partial charge on any atom is 0.416 e. The molecule has 1 N–H and O–H groups in total. The molecule has 0 aromatic heterocycles. The topological polar surface area (TPSA) is 97.3 Å². The number of rotatable bonds is 6. The minimum absolute atomic E-state index is 0.0464. The second-order valence-corrected chi connectivity index (χ2v) is 8.27. The molecular formula is C21H20F3N3O5S. The molecule has 0 saturated heterocycles. The fourth-order valence-corrected chi connectivity index (χ4v) is 4.35.